The number of piperidine rings is 2. The van der Waals surface area contributed by atoms with Crippen molar-refractivity contribution in [1.82, 2.24) is 10.2 Å². The fourth-order valence-corrected chi connectivity index (χ4v) is 5.09. The summed E-state index contributed by atoms with van der Waals surface area (Å²) in [6, 6.07) is 12.4. The zero-order chi connectivity index (χ0) is 22.8. The quantitative estimate of drug-likeness (QED) is 0.690. The lowest BCUT2D eigenvalue weighted by molar-refractivity contribution is -0.274. The van der Waals surface area contributed by atoms with Gasteiger partial charge in [-0.15, -0.1) is 13.2 Å². The van der Waals surface area contributed by atoms with Gasteiger partial charge in [-0.25, -0.2) is 4.39 Å². The van der Waals surface area contributed by atoms with Gasteiger partial charge in [0.1, 0.15) is 11.6 Å². The van der Waals surface area contributed by atoms with E-state index in [1.54, 1.807) is 11.0 Å². The number of carbonyl (C=O) groups excluding carboxylic acids is 1. The summed E-state index contributed by atoms with van der Waals surface area (Å²) in [5, 5.41) is 3.43. The molecule has 2 aliphatic heterocycles. The Morgan fingerprint density at radius 2 is 1.75 bits per heavy atom. The highest BCUT2D eigenvalue weighted by atomic mass is 19.4. The fourth-order valence-electron chi connectivity index (χ4n) is 5.09. The molecule has 0 aliphatic carbocycles. The van der Waals surface area contributed by atoms with Crippen LogP contribution in [0.15, 0.2) is 48.5 Å². The average molecular weight is 450 g/mol. The van der Waals surface area contributed by atoms with E-state index in [9.17, 15) is 22.4 Å². The molecule has 1 N–H and O–H groups in total. The van der Waals surface area contributed by atoms with Crippen molar-refractivity contribution in [2.45, 2.75) is 38.0 Å². The van der Waals surface area contributed by atoms with E-state index in [0.717, 1.165) is 37.9 Å². The Bertz CT molecular complexity index is 938. The normalized spacial score (nSPS) is 20.9. The number of benzene rings is 2. The molecule has 1 amide bonds. The van der Waals surface area contributed by atoms with Crippen molar-refractivity contribution in [2.24, 2.45) is 5.41 Å². The summed E-state index contributed by atoms with van der Waals surface area (Å²) in [4.78, 5) is 14.6. The zero-order valence-electron chi connectivity index (χ0n) is 17.6. The number of nitrogens with zero attached hydrogens (tertiary/aromatic N) is 1. The van der Waals surface area contributed by atoms with E-state index < -0.39 is 6.36 Å². The molecule has 1 atom stereocenters. The highest BCUT2D eigenvalue weighted by molar-refractivity contribution is 5.79. The molecule has 2 heterocycles. The lowest BCUT2D eigenvalue weighted by atomic mass is 9.62. The summed E-state index contributed by atoms with van der Waals surface area (Å²) in [5.41, 5.74) is 1.34. The van der Waals surface area contributed by atoms with E-state index in [1.165, 1.54) is 30.3 Å². The number of hydrogen-bond acceptors (Lipinski definition) is 3. The Kier molecular flexibility index (Phi) is 6.42. The third-order valence-corrected chi connectivity index (χ3v) is 6.81. The van der Waals surface area contributed by atoms with Gasteiger partial charge in [0, 0.05) is 31.1 Å². The van der Waals surface area contributed by atoms with E-state index in [1.807, 2.05) is 12.1 Å². The van der Waals surface area contributed by atoms with Gasteiger partial charge in [0.05, 0.1) is 6.42 Å². The van der Waals surface area contributed by atoms with Crippen molar-refractivity contribution in [3.63, 3.8) is 0 Å². The first kappa shape index (κ1) is 22.6. The first-order chi connectivity index (χ1) is 15.3. The largest absolute Gasteiger partial charge is 0.573 e. The Morgan fingerprint density at radius 1 is 1.06 bits per heavy atom. The maximum Gasteiger partial charge on any atom is 0.573 e. The number of rotatable bonds is 4. The van der Waals surface area contributed by atoms with Crippen LogP contribution < -0.4 is 10.1 Å². The number of carbonyl (C=O) groups is 1. The molecule has 2 aromatic carbocycles. The zero-order valence-corrected chi connectivity index (χ0v) is 17.6. The lowest BCUT2D eigenvalue weighted by Crippen LogP contribution is -2.51. The summed E-state index contributed by atoms with van der Waals surface area (Å²) < 4.78 is 55.5. The third kappa shape index (κ3) is 5.06. The van der Waals surface area contributed by atoms with Crippen LogP contribution in [0.4, 0.5) is 17.6 Å². The summed E-state index contributed by atoms with van der Waals surface area (Å²) >= 11 is 0. The first-order valence-corrected chi connectivity index (χ1v) is 10.8. The van der Waals surface area contributed by atoms with Gasteiger partial charge in [-0.05, 0) is 55.0 Å². The molecule has 0 radical (unpaired) electrons. The van der Waals surface area contributed by atoms with Crippen molar-refractivity contribution < 1.29 is 27.1 Å². The van der Waals surface area contributed by atoms with Crippen LogP contribution in [0.1, 0.15) is 36.3 Å². The van der Waals surface area contributed by atoms with Gasteiger partial charge < -0.3 is 15.0 Å². The van der Waals surface area contributed by atoms with Crippen LogP contribution in [0, 0.1) is 11.2 Å². The number of amides is 1. The second kappa shape index (κ2) is 9.10. The van der Waals surface area contributed by atoms with Crippen LogP contribution in [0.3, 0.4) is 0 Å². The molecule has 32 heavy (non-hydrogen) atoms. The van der Waals surface area contributed by atoms with E-state index in [2.05, 4.69) is 10.1 Å². The summed E-state index contributed by atoms with van der Waals surface area (Å²) in [5.74, 6) is -0.571. The Balaban J connectivity index is 1.43. The van der Waals surface area contributed by atoms with Crippen molar-refractivity contribution >= 4 is 5.91 Å². The molecule has 4 rings (SSSR count). The third-order valence-electron chi connectivity index (χ3n) is 6.81. The number of hydrogen-bond donors (Lipinski definition) is 1. The minimum Gasteiger partial charge on any atom is -0.405 e. The van der Waals surface area contributed by atoms with E-state index in [0.29, 0.717) is 13.1 Å². The minimum absolute atomic E-state index is 0.0250. The summed E-state index contributed by atoms with van der Waals surface area (Å²) in [6.45, 7) is 2.81. The molecule has 0 unspecified atom stereocenters. The van der Waals surface area contributed by atoms with E-state index >= 15 is 0 Å². The first-order valence-electron chi connectivity index (χ1n) is 10.8. The molecule has 2 saturated heterocycles. The van der Waals surface area contributed by atoms with E-state index in [4.69, 9.17) is 0 Å². The molecular weight excluding hydrogens is 424 g/mol. The molecule has 2 aliphatic rings. The molecule has 8 heteroatoms. The van der Waals surface area contributed by atoms with Gasteiger partial charge in [0.25, 0.3) is 0 Å². The molecule has 4 nitrogen and oxygen atoms in total. The van der Waals surface area contributed by atoms with Crippen LogP contribution in [-0.4, -0.2) is 43.3 Å². The van der Waals surface area contributed by atoms with Crippen LogP contribution in [0.5, 0.6) is 5.75 Å². The number of alkyl halides is 3. The molecule has 0 aromatic heterocycles. The van der Waals surface area contributed by atoms with Gasteiger partial charge >= 0.3 is 6.36 Å². The second-order valence-electron chi connectivity index (χ2n) is 8.63. The smallest absolute Gasteiger partial charge is 0.405 e. The van der Waals surface area contributed by atoms with Gasteiger partial charge in [0.2, 0.25) is 5.91 Å². The highest BCUT2D eigenvalue weighted by Crippen LogP contribution is 2.48. The molecular formula is C24H26F4N2O2. The number of halogens is 4. The Hall–Kier alpha value is -2.61. The van der Waals surface area contributed by atoms with Gasteiger partial charge in [-0.1, -0.05) is 30.3 Å². The summed E-state index contributed by atoms with van der Waals surface area (Å²) in [6.07, 6.45) is -2.35. The molecule has 2 fully saturated rings. The van der Waals surface area contributed by atoms with Gasteiger partial charge in [-0.2, -0.15) is 0 Å². The molecule has 2 aromatic rings. The standard InChI is InChI=1S/C24H26F4N2O2/c25-19-7-5-17(6-8-19)20-16-29-12-9-23(20)10-13-30(14-11-23)22(31)15-18-3-1-2-4-21(18)32-24(26,27)28/h1-8,20,29H,9-16H2/t20-/m0/s1. The monoisotopic (exact) mass is 450 g/mol. The molecule has 172 valence electrons. The highest BCUT2D eigenvalue weighted by Gasteiger charge is 2.44. The lowest BCUT2D eigenvalue weighted by Gasteiger charge is -2.49. The Morgan fingerprint density at radius 3 is 2.44 bits per heavy atom. The Labute approximate surface area is 184 Å². The number of nitrogens with one attached hydrogen (secondary N) is 1. The van der Waals surface area contributed by atoms with E-state index in [-0.39, 0.29) is 40.8 Å². The molecule has 1 spiro atoms. The SMILES string of the molecule is O=C(Cc1ccccc1OC(F)(F)F)N1CCC2(CCNC[C@H]2c2ccc(F)cc2)CC1. The van der Waals surface area contributed by atoms with Crippen LogP contribution >= 0.6 is 0 Å². The van der Waals surface area contributed by atoms with Crippen molar-refractivity contribution in [3.05, 3.63) is 65.5 Å². The van der Waals surface area contributed by atoms with Crippen molar-refractivity contribution in [1.29, 1.82) is 0 Å². The second-order valence-corrected chi connectivity index (χ2v) is 8.63. The van der Waals surface area contributed by atoms with Gasteiger partial charge in [0.15, 0.2) is 0 Å². The predicted octanol–water partition coefficient (Wildman–Crippen LogP) is 4.65. The maximum absolute atomic E-state index is 13.4. The minimum atomic E-state index is -4.80. The summed E-state index contributed by atoms with van der Waals surface area (Å²) in [7, 11) is 0. The van der Waals surface area contributed by atoms with Crippen LogP contribution in [0.25, 0.3) is 0 Å². The average Bonchev–Trinajstić information content (AvgIpc) is 2.76. The number of ether oxygens (including phenoxy) is 1. The fraction of sp³-hybridized carbons (Fsp3) is 0.458. The van der Waals surface area contributed by atoms with Crippen molar-refractivity contribution in [2.75, 3.05) is 26.2 Å². The maximum atomic E-state index is 13.4. The van der Waals surface area contributed by atoms with Gasteiger partial charge in [-0.3, -0.25) is 4.79 Å². The molecule has 0 bridgehead atoms. The topological polar surface area (TPSA) is 41.6 Å². The number of likely N-dealkylation sites (tertiary alicyclic amines) is 1. The van der Waals surface area contributed by atoms with Crippen LogP contribution in [0.2, 0.25) is 0 Å². The molecule has 0 saturated carbocycles. The van der Waals surface area contributed by atoms with Crippen molar-refractivity contribution in [3.8, 4) is 5.75 Å². The predicted molar refractivity (Wildman–Crippen MR) is 112 cm³/mol. The number of para-hydroxylation sites is 1. The van der Waals surface area contributed by atoms with Crippen LogP contribution in [-0.2, 0) is 11.2 Å².